The molecule has 32 heavy (non-hydrogen) atoms. The van der Waals surface area contributed by atoms with Crippen molar-refractivity contribution < 1.29 is 18.7 Å². The summed E-state index contributed by atoms with van der Waals surface area (Å²) in [5, 5.41) is 1.08. The van der Waals surface area contributed by atoms with E-state index in [1.54, 1.807) is 42.8 Å². The predicted octanol–water partition coefficient (Wildman–Crippen LogP) is 6.35. The summed E-state index contributed by atoms with van der Waals surface area (Å²) in [6.07, 6.45) is 9.41. The van der Waals surface area contributed by atoms with Crippen molar-refractivity contribution in [3.63, 3.8) is 0 Å². The topological polar surface area (TPSA) is 61.6 Å². The van der Waals surface area contributed by atoms with Gasteiger partial charge in [0.15, 0.2) is 5.78 Å². The monoisotopic (exact) mass is 427 g/mol. The molecule has 2 aromatic heterocycles. The number of carbonyl (C=O) groups excluding carboxylic acids is 1. The molecule has 4 aromatic rings. The van der Waals surface area contributed by atoms with Crippen molar-refractivity contribution in [2.75, 3.05) is 13.2 Å². The number of ketones is 1. The van der Waals surface area contributed by atoms with Gasteiger partial charge in [-0.05, 0) is 79.9 Å². The number of rotatable bonds is 11. The van der Waals surface area contributed by atoms with Crippen LogP contribution in [0, 0.1) is 0 Å². The lowest BCUT2D eigenvalue weighted by molar-refractivity contribution is 0.104. The molecule has 2 heterocycles. The molecule has 2 aromatic carbocycles. The number of para-hydroxylation sites is 1. The first-order valence-electron chi connectivity index (χ1n) is 10.7. The fourth-order valence-corrected chi connectivity index (χ4v) is 3.30. The SMILES string of the molecule is O=C(/C=C/c1ccco1)c1ccc(OCCCCCOc2cccc3cccnc23)cc1. The average molecular weight is 428 g/mol. The van der Waals surface area contributed by atoms with Crippen LogP contribution in [-0.4, -0.2) is 24.0 Å². The van der Waals surface area contributed by atoms with E-state index in [4.69, 9.17) is 13.9 Å². The number of allylic oxidation sites excluding steroid dienone is 1. The molecule has 0 aliphatic rings. The van der Waals surface area contributed by atoms with Crippen molar-refractivity contribution in [2.24, 2.45) is 0 Å². The molecule has 0 unspecified atom stereocenters. The molecule has 0 bridgehead atoms. The van der Waals surface area contributed by atoms with Gasteiger partial charge in [0.25, 0.3) is 0 Å². The summed E-state index contributed by atoms with van der Waals surface area (Å²) < 4.78 is 16.9. The Morgan fingerprint density at radius 1 is 0.875 bits per heavy atom. The number of aromatic nitrogens is 1. The Morgan fingerprint density at radius 3 is 2.50 bits per heavy atom. The highest BCUT2D eigenvalue weighted by Crippen LogP contribution is 2.23. The third-order valence-corrected chi connectivity index (χ3v) is 4.99. The van der Waals surface area contributed by atoms with Gasteiger partial charge in [-0.15, -0.1) is 0 Å². The molecule has 5 nitrogen and oxygen atoms in total. The van der Waals surface area contributed by atoms with Crippen molar-refractivity contribution in [1.29, 1.82) is 0 Å². The third kappa shape index (κ3) is 5.85. The second kappa shape index (κ2) is 11.0. The second-order valence-electron chi connectivity index (χ2n) is 7.33. The van der Waals surface area contributed by atoms with Crippen LogP contribution in [0.15, 0.2) is 89.7 Å². The molecule has 162 valence electrons. The summed E-state index contributed by atoms with van der Waals surface area (Å²) in [4.78, 5) is 16.6. The number of benzene rings is 2. The van der Waals surface area contributed by atoms with Gasteiger partial charge < -0.3 is 13.9 Å². The highest BCUT2D eigenvalue weighted by molar-refractivity contribution is 6.06. The molecular formula is C27H25NO4. The number of furan rings is 1. The van der Waals surface area contributed by atoms with Crippen LogP contribution in [0.4, 0.5) is 0 Å². The molecule has 0 saturated heterocycles. The van der Waals surface area contributed by atoms with Crippen LogP contribution in [0.3, 0.4) is 0 Å². The number of ether oxygens (including phenoxy) is 2. The number of fused-ring (bicyclic) bond motifs is 1. The van der Waals surface area contributed by atoms with Crippen molar-refractivity contribution >= 4 is 22.8 Å². The first kappa shape index (κ1) is 21.4. The molecule has 0 N–H and O–H groups in total. The summed E-state index contributed by atoms with van der Waals surface area (Å²) in [7, 11) is 0. The Kier molecular flexibility index (Phi) is 7.32. The number of unbranched alkanes of at least 4 members (excludes halogenated alkanes) is 2. The highest BCUT2D eigenvalue weighted by Gasteiger charge is 2.04. The maximum atomic E-state index is 12.2. The lowest BCUT2D eigenvalue weighted by Crippen LogP contribution is -2.02. The molecule has 0 aliphatic carbocycles. The zero-order valence-electron chi connectivity index (χ0n) is 17.8. The minimum absolute atomic E-state index is 0.0747. The van der Waals surface area contributed by atoms with E-state index >= 15 is 0 Å². The normalized spacial score (nSPS) is 11.1. The van der Waals surface area contributed by atoms with Crippen molar-refractivity contribution in [3.05, 3.63) is 96.6 Å². The molecule has 0 amide bonds. The first-order valence-corrected chi connectivity index (χ1v) is 10.7. The van der Waals surface area contributed by atoms with Crippen molar-refractivity contribution in [3.8, 4) is 11.5 Å². The zero-order valence-corrected chi connectivity index (χ0v) is 17.8. The van der Waals surface area contributed by atoms with Gasteiger partial charge in [-0.3, -0.25) is 9.78 Å². The fraction of sp³-hybridized carbons (Fsp3) is 0.185. The Labute approximate surface area is 187 Å². The van der Waals surface area contributed by atoms with Crippen LogP contribution in [0.5, 0.6) is 11.5 Å². The molecule has 0 saturated carbocycles. The van der Waals surface area contributed by atoms with Gasteiger partial charge in [0.2, 0.25) is 0 Å². The molecule has 0 spiro atoms. The van der Waals surface area contributed by atoms with Gasteiger partial charge >= 0.3 is 0 Å². The fourth-order valence-electron chi connectivity index (χ4n) is 3.30. The van der Waals surface area contributed by atoms with E-state index in [0.29, 0.717) is 24.5 Å². The molecule has 4 rings (SSSR count). The molecule has 5 heteroatoms. The molecule has 0 radical (unpaired) electrons. The zero-order chi connectivity index (χ0) is 22.0. The van der Waals surface area contributed by atoms with Crippen LogP contribution >= 0.6 is 0 Å². The van der Waals surface area contributed by atoms with Crippen molar-refractivity contribution in [2.45, 2.75) is 19.3 Å². The van der Waals surface area contributed by atoms with Gasteiger partial charge in [-0.25, -0.2) is 0 Å². The standard InChI is InChI=1S/C27H25NO4/c29-25(16-15-23-9-6-20-31-23)21-11-13-24(14-12-21)30-18-2-1-3-19-32-26-10-4-7-22-8-5-17-28-27(22)26/h4-17,20H,1-3,18-19H2/b16-15+. The molecule has 0 atom stereocenters. The van der Waals surface area contributed by atoms with E-state index in [0.717, 1.165) is 41.7 Å². The summed E-state index contributed by atoms with van der Waals surface area (Å²) in [6, 6.07) is 20.7. The summed E-state index contributed by atoms with van der Waals surface area (Å²) in [5.74, 6) is 2.16. The van der Waals surface area contributed by atoms with Gasteiger partial charge in [0.1, 0.15) is 22.8 Å². The third-order valence-electron chi connectivity index (χ3n) is 4.99. The smallest absolute Gasteiger partial charge is 0.185 e. The van der Waals surface area contributed by atoms with Crippen molar-refractivity contribution in [1.82, 2.24) is 4.98 Å². The molecule has 0 aliphatic heterocycles. The van der Waals surface area contributed by atoms with E-state index in [-0.39, 0.29) is 5.78 Å². The maximum Gasteiger partial charge on any atom is 0.185 e. The van der Waals surface area contributed by atoms with Gasteiger partial charge in [0, 0.05) is 17.1 Å². The Hall–Kier alpha value is -3.86. The Balaban J connectivity index is 1.14. The van der Waals surface area contributed by atoms with E-state index in [1.807, 2.05) is 42.5 Å². The lowest BCUT2D eigenvalue weighted by atomic mass is 10.1. The van der Waals surface area contributed by atoms with Crippen LogP contribution < -0.4 is 9.47 Å². The van der Waals surface area contributed by atoms with E-state index in [9.17, 15) is 4.79 Å². The van der Waals surface area contributed by atoms with Crippen LogP contribution in [0.1, 0.15) is 35.4 Å². The minimum atomic E-state index is -0.0747. The maximum absolute atomic E-state index is 12.2. The first-order chi connectivity index (χ1) is 15.8. The van der Waals surface area contributed by atoms with Gasteiger partial charge in [-0.2, -0.15) is 0 Å². The minimum Gasteiger partial charge on any atom is -0.494 e. The largest absolute Gasteiger partial charge is 0.494 e. The average Bonchev–Trinajstić information content (AvgIpc) is 3.36. The van der Waals surface area contributed by atoms with Crippen LogP contribution in [-0.2, 0) is 0 Å². The van der Waals surface area contributed by atoms with E-state index in [2.05, 4.69) is 4.98 Å². The summed E-state index contributed by atoms with van der Waals surface area (Å²) >= 11 is 0. The number of pyridine rings is 1. The van der Waals surface area contributed by atoms with Gasteiger partial charge in [0.05, 0.1) is 19.5 Å². The Morgan fingerprint density at radius 2 is 1.69 bits per heavy atom. The number of carbonyl (C=O) groups is 1. The number of hydrogen-bond donors (Lipinski definition) is 0. The summed E-state index contributed by atoms with van der Waals surface area (Å²) in [6.45, 7) is 1.28. The van der Waals surface area contributed by atoms with E-state index < -0.39 is 0 Å². The number of nitrogens with zero attached hydrogens (tertiary/aromatic N) is 1. The lowest BCUT2D eigenvalue weighted by Gasteiger charge is -2.09. The quantitative estimate of drug-likeness (QED) is 0.158. The molecule has 0 fully saturated rings. The van der Waals surface area contributed by atoms with E-state index in [1.165, 1.54) is 6.08 Å². The van der Waals surface area contributed by atoms with Crippen LogP contribution in [0.2, 0.25) is 0 Å². The highest BCUT2D eigenvalue weighted by atomic mass is 16.5. The number of hydrogen-bond acceptors (Lipinski definition) is 5. The van der Waals surface area contributed by atoms with Gasteiger partial charge in [-0.1, -0.05) is 18.2 Å². The molecular weight excluding hydrogens is 402 g/mol. The second-order valence-corrected chi connectivity index (χ2v) is 7.33. The van der Waals surface area contributed by atoms with Crippen LogP contribution in [0.25, 0.3) is 17.0 Å². The predicted molar refractivity (Wildman–Crippen MR) is 125 cm³/mol. The summed E-state index contributed by atoms with van der Waals surface area (Å²) in [5.41, 5.74) is 1.51. The Bertz CT molecular complexity index is 1160.